The predicted molar refractivity (Wildman–Crippen MR) is 71.2 cm³/mol. The molecule has 6 heteroatoms. The number of alkyl halides is 1. The largest absolute Gasteiger partial charge is 0.493 e. The van der Waals surface area contributed by atoms with Crippen molar-refractivity contribution in [1.82, 2.24) is 0 Å². The van der Waals surface area contributed by atoms with E-state index in [-0.39, 0.29) is 10.7 Å². The van der Waals surface area contributed by atoms with Crippen molar-refractivity contribution in [3.8, 4) is 17.2 Å². The smallest absolute Gasteiger partial charge is 0.242 e. The zero-order valence-electron chi connectivity index (χ0n) is 10.4. The molecule has 0 aliphatic carbocycles. The molecule has 1 fully saturated rings. The molecule has 1 amide bonds. The highest BCUT2D eigenvalue weighted by molar-refractivity contribution is 9.10. The summed E-state index contributed by atoms with van der Waals surface area (Å²) in [6.45, 7) is 0.636. The van der Waals surface area contributed by atoms with Gasteiger partial charge in [0.15, 0.2) is 11.5 Å². The van der Waals surface area contributed by atoms with Gasteiger partial charge in [0.1, 0.15) is 4.83 Å². The lowest BCUT2D eigenvalue weighted by Gasteiger charge is -2.35. The molecule has 1 aliphatic rings. The Labute approximate surface area is 114 Å². The molecule has 98 valence electrons. The van der Waals surface area contributed by atoms with Gasteiger partial charge in [-0.15, -0.1) is 0 Å². The minimum absolute atomic E-state index is 0.0317. The van der Waals surface area contributed by atoms with Crippen LogP contribution in [0.25, 0.3) is 0 Å². The minimum atomic E-state index is -0.100. The number of hydrogen-bond donors (Lipinski definition) is 0. The molecule has 1 aliphatic heterocycles. The molecule has 1 atom stereocenters. The number of ether oxygens (including phenoxy) is 3. The molecule has 2 rings (SSSR count). The number of anilines is 1. The highest BCUT2D eigenvalue weighted by Crippen LogP contribution is 2.42. The van der Waals surface area contributed by atoms with Crippen molar-refractivity contribution in [2.24, 2.45) is 0 Å². The van der Waals surface area contributed by atoms with Crippen molar-refractivity contribution in [2.45, 2.75) is 4.83 Å². The Balaban J connectivity index is 2.41. The number of amides is 1. The first-order valence-corrected chi connectivity index (χ1v) is 6.29. The molecule has 0 spiro atoms. The van der Waals surface area contributed by atoms with E-state index in [0.29, 0.717) is 23.8 Å². The Hall–Kier alpha value is -1.43. The van der Waals surface area contributed by atoms with Crippen LogP contribution in [0.4, 0.5) is 5.69 Å². The van der Waals surface area contributed by atoms with Crippen LogP contribution >= 0.6 is 15.9 Å². The van der Waals surface area contributed by atoms with E-state index in [9.17, 15) is 4.79 Å². The van der Waals surface area contributed by atoms with Crippen LogP contribution in [0.2, 0.25) is 0 Å². The van der Waals surface area contributed by atoms with E-state index in [1.165, 1.54) is 0 Å². The first-order chi connectivity index (χ1) is 8.62. The molecule has 0 saturated carbocycles. The predicted octanol–water partition coefficient (Wildman–Crippen LogP) is 1.82. The number of benzene rings is 1. The Kier molecular flexibility index (Phi) is 3.65. The summed E-state index contributed by atoms with van der Waals surface area (Å²) in [5.41, 5.74) is 0.741. The fraction of sp³-hybridized carbons (Fsp3) is 0.417. The van der Waals surface area contributed by atoms with E-state index in [0.717, 1.165) is 5.69 Å². The SMILES string of the molecule is COc1cc(N2CC(Br)C2=O)cc(OC)c1OC. The van der Waals surface area contributed by atoms with E-state index >= 15 is 0 Å². The van der Waals surface area contributed by atoms with Crippen LogP contribution in [0.1, 0.15) is 0 Å². The standard InChI is InChI=1S/C12H14BrNO4/c1-16-9-4-7(14-6-8(13)12(14)15)5-10(17-2)11(9)18-3/h4-5,8H,6H2,1-3H3. The van der Waals surface area contributed by atoms with E-state index in [1.54, 1.807) is 38.4 Å². The fourth-order valence-electron chi connectivity index (χ4n) is 1.84. The number of methoxy groups -OCH3 is 3. The monoisotopic (exact) mass is 315 g/mol. The maximum Gasteiger partial charge on any atom is 0.242 e. The number of hydrogen-bond acceptors (Lipinski definition) is 4. The summed E-state index contributed by atoms with van der Waals surface area (Å²) in [4.78, 5) is 13.2. The van der Waals surface area contributed by atoms with Gasteiger partial charge >= 0.3 is 0 Å². The van der Waals surface area contributed by atoms with Crippen LogP contribution in [-0.4, -0.2) is 38.6 Å². The highest BCUT2D eigenvalue weighted by atomic mass is 79.9. The molecule has 1 unspecified atom stereocenters. The molecular formula is C12H14BrNO4. The summed E-state index contributed by atoms with van der Waals surface area (Å²) in [6, 6.07) is 3.52. The molecular weight excluding hydrogens is 302 g/mol. The second-order valence-electron chi connectivity index (χ2n) is 3.80. The molecule has 0 aromatic heterocycles. The highest BCUT2D eigenvalue weighted by Gasteiger charge is 2.36. The van der Waals surface area contributed by atoms with Crippen LogP contribution in [0.3, 0.4) is 0 Å². The first-order valence-electron chi connectivity index (χ1n) is 5.37. The van der Waals surface area contributed by atoms with Gasteiger partial charge in [0.05, 0.1) is 27.0 Å². The van der Waals surface area contributed by atoms with Crippen molar-refractivity contribution >= 4 is 27.5 Å². The third-order valence-electron chi connectivity index (χ3n) is 2.84. The molecule has 1 heterocycles. The summed E-state index contributed by atoms with van der Waals surface area (Å²) in [7, 11) is 4.64. The van der Waals surface area contributed by atoms with Crippen molar-refractivity contribution in [2.75, 3.05) is 32.8 Å². The maximum atomic E-state index is 11.7. The van der Waals surface area contributed by atoms with Crippen molar-refractivity contribution < 1.29 is 19.0 Å². The number of β-lactam (4-membered cyclic amide) rings is 1. The molecule has 1 saturated heterocycles. The number of rotatable bonds is 4. The Morgan fingerprint density at radius 3 is 2.06 bits per heavy atom. The molecule has 1 aromatic rings. The molecule has 18 heavy (non-hydrogen) atoms. The van der Waals surface area contributed by atoms with Gasteiger partial charge in [0, 0.05) is 18.7 Å². The molecule has 0 radical (unpaired) electrons. The average Bonchev–Trinajstić information content (AvgIpc) is 2.42. The number of carbonyl (C=O) groups excluding carboxylic acids is 1. The van der Waals surface area contributed by atoms with E-state index in [2.05, 4.69) is 15.9 Å². The van der Waals surface area contributed by atoms with Gasteiger partial charge in [-0.2, -0.15) is 0 Å². The third kappa shape index (κ3) is 2.01. The van der Waals surface area contributed by atoms with Gasteiger partial charge < -0.3 is 19.1 Å². The van der Waals surface area contributed by atoms with Crippen LogP contribution < -0.4 is 19.1 Å². The summed E-state index contributed by atoms with van der Waals surface area (Å²) in [5.74, 6) is 1.63. The molecule has 5 nitrogen and oxygen atoms in total. The van der Waals surface area contributed by atoms with Crippen LogP contribution in [0.15, 0.2) is 12.1 Å². The molecule has 0 N–H and O–H groups in total. The molecule has 0 bridgehead atoms. The van der Waals surface area contributed by atoms with E-state index in [1.807, 2.05) is 0 Å². The van der Waals surface area contributed by atoms with Gasteiger partial charge in [-0.25, -0.2) is 0 Å². The van der Waals surface area contributed by atoms with Crippen molar-refractivity contribution in [3.05, 3.63) is 12.1 Å². The van der Waals surface area contributed by atoms with Gasteiger partial charge in [0.2, 0.25) is 11.7 Å². The summed E-state index contributed by atoms with van der Waals surface area (Å²) >= 11 is 3.28. The molecule has 1 aromatic carbocycles. The average molecular weight is 316 g/mol. The first kappa shape index (κ1) is 13.0. The summed E-state index contributed by atoms with van der Waals surface area (Å²) in [6.07, 6.45) is 0. The quantitative estimate of drug-likeness (QED) is 0.628. The number of nitrogens with zero attached hydrogens (tertiary/aromatic N) is 1. The van der Waals surface area contributed by atoms with Crippen LogP contribution in [-0.2, 0) is 4.79 Å². The summed E-state index contributed by atoms with van der Waals surface area (Å²) in [5, 5.41) is 0. The van der Waals surface area contributed by atoms with Gasteiger partial charge in [-0.3, -0.25) is 4.79 Å². The van der Waals surface area contributed by atoms with Gasteiger partial charge in [-0.05, 0) is 0 Å². The second-order valence-corrected chi connectivity index (χ2v) is 4.91. The fourth-order valence-corrected chi connectivity index (χ4v) is 2.38. The topological polar surface area (TPSA) is 48.0 Å². The zero-order chi connectivity index (χ0) is 13.3. The number of carbonyl (C=O) groups is 1. The van der Waals surface area contributed by atoms with Crippen LogP contribution in [0, 0.1) is 0 Å². The van der Waals surface area contributed by atoms with Gasteiger partial charge in [-0.1, -0.05) is 15.9 Å². The lowest BCUT2D eigenvalue weighted by atomic mass is 10.1. The van der Waals surface area contributed by atoms with Crippen molar-refractivity contribution in [1.29, 1.82) is 0 Å². The Bertz CT molecular complexity index is 452. The van der Waals surface area contributed by atoms with Crippen molar-refractivity contribution in [3.63, 3.8) is 0 Å². The van der Waals surface area contributed by atoms with Crippen LogP contribution in [0.5, 0.6) is 17.2 Å². The van der Waals surface area contributed by atoms with E-state index in [4.69, 9.17) is 14.2 Å². The lowest BCUT2D eigenvalue weighted by molar-refractivity contribution is -0.121. The number of halogens is 1. The Morgan fingerprint density at radius 2 is 1.72 bits per heavy atom. The minimum Gasteiger partial charge on any atom is -0.493 e. The lowest BCUT2D eigenvalue weighted by Crippen LogP contribution is -2.53. The zero-order valence-corrected chi connectivity index (χ0v) is 12.0. The summed E-state index contributed by atoms with van der Waals surface area (Å²) < 4.78 is 15.7. The third-order valence-corrected chi connectivity index (χ3v) is 3.52. The normalized spacial score (nSPS) is 18.3. The van der Waals surface area contributed by atoms with Gasteiger partial charge in [0.25, 0.3) is 0 Å². The maximum absolute atomic E-state index is 11.7. The van der Waals surface area contributed by atoms with E-state index < -0.39 is 0 Å². The second kappa shape index (κ2) is 5.06. The Morgan fingerprint density at radius 1 is 1.17 bits per heavy atom.